The highest BCUT2D eigenvalue weighted by Crippen LogP contribution is 2.26. The Balaban J connectivity index is 1.43. The van der Waals surface area contributed by atoms with E-state index in [-0.39, 0.29) is 24.1 Å². The van der Waals surface area contributed by atoms with Crippen LogP contribution in [-0.2, 0) is 9.59 Å². The van der Waals surface area contributed by atoms with Crippen LogP contribution in [0.2, 0.25) is 0 Å². The first-order valence-electron chi connectivity index (χ1n) is 10.6. The molecule has 0 aliphatic carbocycles. The molecule has 1 saturated heterocycles. The number of amides is 3. The molecule has 2 N–H and O–H groups in total. The summed E-state index contributed by atoms with van der Waals surface area (Å²) in [4.78, 5) is 39.7. The minimum atomic E-state index is -0.453. The summed E-state index contributed by atoms with van der Waals surface area (Å²) in [6, 6.07) is 18.3. The van der Waals surface area contributed by atoms with E-state index in [9.17, 15) is 14.4 Å². The Kier molecular flexibility index (Phi) is 5.81. The fourth-order valence-electron chi connectivity index (χ4n) is 3.92. The first-order chi connectivity index (χ1) is 15.3. The van der Waals surface area contributed by atoms with Gasteiger partial charge in [0.25, 0.3) is 5.91 Å². The van der Waals surface area contributed by atoms with E-state index < -0.39 is 5.92 Å². The fraction of sp³-hybridized carbons (Fsp3) is 0.240. The van der Waals surface area contributed by atoms with Crippen molar-refractivity contribution in [3.05, 3.63) is 83.2 Å². The van der Waals surface area contributed by atoms with Gasteiger partial charge in [0.05, 0.1) is 5.92 Å². The monoisotopic (exact) mass is 430 g/mol. The average Bonchev–Trinajstić information content (AvgIpc) is 3.31. The van der Waals surface area contributed by atoms with Gasteiger partial charge in [-0.15, -0.1) is 0 Å². The van der Waals surface area contributed by atoms with Gasteiger partial charge in [-0.3, -0.25) is 24.5 Å². The summed E-state index contributed by atoms with van der Waals surface area (Å²) >= 11 is 0. The number of aromatic nitrogens is 1. The van der Waals surface area contributed by atoms with Crippen molar-refractivity contribution in [2.24, 2.45) is 5.92 Å². The van der Waals surface area contributed by atoms with Crippen molar-refractivity contribution in [2.45, 2.75) is 27.2 Å². The third-order valence-corrected chi connectivity index (χ3v) is 5.69. The topological polar surface area (TPSA) is 83.4 Å². The average molecular weight is 431 g/mol. The number of nitrogens with zero attached hydrogens (tertiary/aromatic N) is 2. The summed E-state index contributed by atoms with van der Waals surface area (Å²) in [5.74, 6) is -1.03. The zero-order valence-electron chi connectivity index (χ0n) is 18.4. The van der Waals surface area contributed by atoms with Crippen LogP contribution in [0.5, 0.6) is 0 Å². The van der Waals surface area contributed by atoms with Crippen LogP contribution in [-0.4, -0.2) is 28.9 Å². The number of carbonyl (C=O) groups is 3. The van der Waals surface area contributed by atoms with Gasteiger partial charge in [0.2, 0.25) is 11.8 Å². The van der Waals surface area contributed by atoms with Gasteiger partial charge in [0.1, 0.15) is 0 Å². The molecule has 0 saturated carbocycles. The van der Waals surface area contributed by atoms with Gasteiger partial charge in [0, 0.05) is 41.3 Å². The molecule has 1 aliphatic heterocycles. The molecule has 1 atom stereocenters. The molecular weight excluding hydrogens is 404 g/mol. The SMILES string of the molecule is Cc1cccc(N2C[C@@H](C(=O)Nc3cccc(C(=O)Nn4c(C)ccc4C)c3)CC2=O)c1. The molecule has 0 unspecified atom stereocenters. The number of carbonyl (C=O) groups excluding carboxylic acids is 3. The largest absolute Gasteiger partial charge is 0.326 e. The van der Waals surface area contributed by atoms with Crippen molar-refractivity contribution in [2.75, 3.05) is 22.2 Å². The van der Waals surface area contributed by atoms with E-state index in [1.165, 1.54) is 0 Å². The number of aryl methyl sites for hydroxylation is 3. The highest BCUT2D eigenvalue weighted by molar-refractivity contribution is 6.05. The number of hydrogen-bond donors (Lipinski definition) is 2. The van der Waals surface area contributed by atoms with Crippen LogP contribution in [0.4, 0.5) is 11.4 Å². The van der Waals surface area contributed by atoms with Crippen molar-refractivity contribution in [3.8, 4) is 0 Å². The second kappa shape index (κ2) is 8.70. The molecule has 164 valence electrons. The third kappa shape index (κ3) is 4.42. The van der Waals surface area contributed by atoms with Gasteiger partial charge in [0.15, 0.2) is 0 Å². The predicted octanol–water partition coefficient (Wildman–Crippen LogP) is 3.79. The summed E-state index contributed by atoms with van der Waals surface area (Å²) in [6.45, 7) is 6.12. The maximum Gasteiger partial charge on any atom is 0.270 e. The van der Waals surface area contributed by atoms with Crippen LogP contribution in [0.1, 0.15) is 33.7 Å². The van der Waals surface area contributed by atoms with Crippen LogP contribution in [0.15, 0.2) is 60.7 Å². The predicted molar refractivity (Wildman–Crippen MR) is 124 cm³/mol. The standard InChI is InChI=1S/C25H26N4O3/c1-16-6-4-9-22(12-16)28-15-20(14-23(28)30)24(31)26-21-8-5-7-19(13-21)25(32)27-29-17(2)10-11-18(29)3/h4-13,20H,14-15H2,1-3H3,(H,26,31)(H,27,32)/t20-/m0/s1. The van der Waals surface area contributed by atoms with Gasteiger partial charge in [-0.25, -0.2) is 0 Å². The van der Waals surface area contributed by atoms with E-state index in [4.69, 9.17) is 0 Å². The normalized spacial score (nSPS) is 15.7. The van der Waals surface area contributed by atoms with E-state index >= 15 is 0 Å². The smallest absolute Gasteiger partial charge is 0.270 e. The summed E-state index contributed by atoms with van der Waals surface area (Å²) in [6.07, 6.45) is 0.159. The molecule has 3 aromatic rings. The maximum absolute atomic E-state index is 12.8. The Morgan fingerprint density at radius 1 is 0.938 bits per heavy atom. The number of rotatable bonds is 5. The van der Waals surface area contributed by atoms with E-state index in [0.29, 0.717) is 17.8 Å². The van der Waals surface area contributed by atoms with Crippen LogP contribution in [0.25, 0.3) is 0 Å². The molecule has 7 heteroatoms. The quantitative estimate of drug-likeness (QED) is 0.646. The fourth-order valence-corrected chi connectivity index (χ4v) is 3.92. The summed E-state index contributed by atoms with van der Waals surface area (Å²) in [7, 11) is 0. The molecular formula is C25H26N4O3. The van der Waals surface area contributed by atoms with Crippen LogP contribution >= 0.6 is 0 Å². The lowest BCUT2D eigenvalue weighted by Crippen LogP contribution is -2.28. The van der Waals surface area contributed by atoms with Crippen molar-refractivity contribution < 1.29 is 14.4 Å². The first-order valence-corrected chi connectivity index (χ1v) is 10.6. The van der Waals surface area contributed by atoms with E-state index in [2.05, 4.69) is 10.7 Å². The first kappa shape index (κ1) is 21.4. The minimum absolute atomic E-state index is 0.0682. The molecule has 2 heterocycles. The lowest BCUT2D eigenvalue weighted by molar-refractivity contribution is -0.122. The molecule has 1 aromatic heterocycles. The Hall–Kier alpha value is -3.87. The number of benzene rings is 2. The second-order valence-electron chi connectivity index (χ2n) is 8.21. The third-order valence-electron chi connectivity index (χ3n) is 5.69. The molecule has 1 aliphatic rings. The highest BCUT2D eigenvalue weighted by Gasteiger charge is 2.35. The Bertz CT molecular complexity index is 1180. The number of nitrogens with one attached hydrogen (secondary N) is 2. The maximum atomic E-state index is 12.8. The Labute approximate surface area is 187 Å². The van der Waals surface area contributed by atoms with Crippen molar-refractivity contribution in [3.63, 3.8) is 0 Å². The molecule has 0 spiro atoms. The summed E-state index contributed by atoms with van der Waals surface area (Å²) in [5.41, 5.74) is 7.51. The van der Waals surface area contributed by atoms with E-state index in [1.807, 2.05) is 57.2 Å². The zero-order valence-corrected chi connectivity index (χ0v) is 18.4. The van der Waals surface area contributed by atoms with Crippen LogP contribution in [0, 0.1) is 26.7 Å². The van der Waals surface area contributed by atoms with Crippen molar-refractivity contribution in [1.29, 1.82) is 0 Å². The summed E-state index contributed by atoms with van der Waals surface area (Å²) in [5, 5.41) is 2.86. The van der Waals surface area contributed by atoms with Crippen molar-refractivity contribution in [1.82, 2.24) is 4.68 Å². The zero-order chi connectivity index (χ0) is 22.8. The summed E-state index contributed by atoms with van der Waals surface area (Å²) < 4.78 is 1.72. The number of hydrogen-bond acceptors (Lipinski definition) is 3. The van der Waals surface area contributed by atoms with E-state index in [0.717, 1.165) is 22.6 Å². The lowest BCUT2D eigenvalue weighted by atomic mass is 10.1. The molecule has 1 fully saturated rings. The molecule has 0 radical (unpaired) electrons. The Morgan fingerprint density at radius 3 is 2.38 bits per heavy atom. The van der Waals surface area contributed by atoms with Gasteiger partial charge < -0.3 is 10.2 Å². The lowest BCUT2D eigenvalue weighted by Gasteiger charge is -2.17. The number of anilines is 2. The van der Waals surface area contributed by atoms with Crippen LogP contribution in [0.3, 0.4) is 0 Å². The van der Waals surface area contributed by atoms with Gasteiger partial charge in [-0.05, 0) is 68.8 Å². The molecule has 4 rings (SSSR count). The highest BCUT2D eigenvalue weighted by atomic mass is 16.2. The van der Waals surface area contributed by atoms with Crippen LogP contribution < -0.4 is 15.6 Å². The molecule has 32 heavy (non-hydrogen) atoms. The molecule has 0 bridgehead atoms. The Morgan fingerprint density at radius 2 is 1.66 bits per heavy atom. The van der Waals surface area contributed by atoms with Gasteiger partial charge in [-0.2, -0.15) is 0 Å². The minimum Gasteiger partial charge on any atom is -0.326 e. The van der Waals surface area contributed by atoms with Gasteiger partial charge in [-0.1, -0.05) is 18.2 Å². The second-order valence-corrected chi connectivity index (χ2v) is 8.21. The van der Waals surface area contributed by atoms with E-state index in [1.54, 1.807) is 33.8 Å². The van der Waals surface area contributed by atoms with Gasteiger partial charge >= 0.3 is 0 Å². The molecule has 2 aromatic carbocycles. The molecule has 7 nitrogen and oxygen atoms in total. The molecule has 3 amide bonds. The van der Waals surface area contributed by atoms with Crippen molar-refractivity contribution >= 4 is 29.1 Å².